The average Bonchev–Trinajstić information content (AvgIpc) is 2.63. The second-order valence-corrected chi connectivity index (χ2v) is 6.49. The van der Waals surface area contributed by atoms with Crippen molar-refractivity contribution in [2.45, 2.75) is 56.7 Å². The summed E-state index contributed by atoms with van der Waals surface area (Å²) < 4.78 is 0. The van der Waals surface area contributed by atoms with E-state index in [9.17, 15) is 0 Å². The third-order valence-corrected chi connectivity index (χ3v) is 4.16. The van der Waals surface area contributed by atoms with Gasteiger partial charge in [0.05, 0.1) is 0 Å². The predicted octanol–water partition coefficient (Wildman–Crippen LogP) is 4.86. The third kappa shape index (κ3) is 2.43. The molecule has 0 nitrogen and oxygen atoms in total. The molecular weight excluding hydrogens is 216 g/mol. The average molecular weight is 237 g/mol. The minimum atomic E-state index is 0.245. The third-order valence-electron chi connectivity index (χ3n) is 3.64. The van der Waals surface area contributed by atoms with Crippen LogP contribution in [0.4, 0.5) is 0 Å². The zero-order valence-corrected chi connectivity index (χ0v) is 11.2. The Labute approximate surface area is 104 Å². The van der Waals surface area contributed by atoms with Crippen LogP contribution in [-0.4, -0.2) is 5.38 Å². The van der Waals surface area contributed by atoms with Crippen LogP contribution in [0.2, 0.25) is 0 Å². The Bertz CT molecular complexity index is 345. The van der Waals surface area contributed by atoms with E-state index in [2.05, 4.69) is 45.0 Å². The molecule has 1 heteroatoms. The van der Waals surface area contributed by atoms with Crippen molar-refractivity contribution < 1.29 is 0 Å². The van der Waals surface area contributed by atoms with Gasteiger partial charge in [-0.25, -0.2) is 0 Å². The highest BCUT2D eigenvalue weighted by Crippen LogP contribution is 2.38. The smallest absolute Gasteiger partial charge is 0.0404 e. The quantitative estimate of drug-likeness (QED) is 0.611. The fraction of sp³-hybridized carbons (Fsp3) is 0.600. The highest BCUT2D eigenvalue weighted by molar-refractivity contribution is 6.21. The Morgan fingerprint density at radius 3 is 2.12 bits per heavy atom. The van der Waals surface area contributed by atoms with Gasteiger partial charge in [0.2, 0.25) is 0 Å². The molecule has 2 rings (SSSR count). The van der Waals surface area contributed by atoms with Crippen LogP contribution in [0.25, 0.3) is 0 Å². The Morgan fingerprint density at radius 2 is 1.69 bits per heavy atom. The Hall–Kier alpha value is -0.490. The standard InChI is InChI=1S/C15H21Cl/c1-15(2,3)12-9-7-11(8-10-12)13-5-4-6-14(13)16/h7-10,13-14H,4-6H2,1-3H3. The van der Waals surface area contributed by atoms with Crippen LogP contribution in [0.3, 0.4) is 0 Å². The summed E-state index contributed by atoms with van der Waals surface area (Å²) in [7, 11) is 0. The molecule has 16 heavy (non-hydrogen) atoms. The van der Waals surface area contributed by atoms with Gasteiger partial charge >= 0.3 is 0 Å². The summed E-state index contributed by atoms with van der Waals surface area (Å²) >= 11 is 6.34. The van der Waals surface area contributed by atoms with Gasteiger partial charge in [-0.05, 0) is 29.4 Å². The lowest BCUT2D eigenvalue weighted by Crippen LogP contribution is -2.11. The van der Waals surface area contributed by atoms with Gasteiger partial charge in [-0.1, -0.05) is 51.5 Å². The molecule has 0 saturated heterocycles. The van der Waals surface area contributed by atoms with Crippen molar-refractivity contribution in [3.05, 3.63) is 35.4 Å². The minimum Gasteiger partial charge on any atom is -0.122 e. The van der Waals surface area contributed by atoms with Crippen molar-refractivity contribution in [3.63, 3.8) is 0 Å². The van der Waals surface area contributed by atoms with Crippen LogP contribution in [0.15, 0.2) is 24.3 Å². The maximum Gasteiger partial charge on any atom is 0.0404 e. The Kier molecular flexibility index (Phi) is 3.30. The van der Waals surface area contributed by atoms with E-state index in [1.165, 1.54) is 30.4 Å². The Morgan fingerprint density at radius 1 is 1.06 bits per heavy atom. The second-order valence-electron chi connectivity index (χ2n) is 5.93. The zero-order valence-electron chi connectivity index (χ0n) is 10.5. The molecule has 0 aromatic heterocycles. The molecule has 0 aliphatic heterocycles. The number of hydrogen-bond donors (Lipinski definition) is 0. The van der Waals surface area contributed by atoms with Gasteiger partial charge in [0, 0.05) is 11.3 Å². The summed E-state index contributed by atoms with van der Waals surface area (Å²) in [4.78, 5) is 0. The van der Waals surface area contributed by atoms with Crippen LogP contribution in [0.5, 0.6) is 0 Å². The van der Waals surface area contributed by atoms with E-state index in [1.807, 2.05) is 0 Å². The molecule has 0 bridgehead atoms. The maximum absolute atomic E-state index is 6.34. The van der Waals surface area contributed by atoms with E-state index in [-0.39, 0.29) is 5.41 Å². The molecule has 0 amide bonds. The first-order valence-electron chi connectivity index (χ1n) is 6.23. The number of benzene rings is 1. The van der Waals surface area contributed by atoms with E-state index in [4.69, 9.17) is 11.6 Å². The molecule has 2 atom stereocenters. The molecule has 1 aliphatic carbocycles. The van der Waals surface area contributed by atoms with Gasteiger partial charge in [0.1, 0.15) is 0 Å². The highest BCUT2D eigenvalue weighted by atomic mass is 35.5. The summed E-state index contributed by atoms with van der Waals surface area (Å²) in [6, 6.07) is 9.06. The fourth-order valence-electron chi connectivity index (χ4n) is 2.52. The Balaban J connectivity index is 2.19. The normalized spacial score (nSPS) is 26.0. The molecular formula is C15H21Cl. The molecule has 0 heterocycles. The summed E-state index contributed by atoms with van der Waals surface area (Å²) in [6.07, 6.45) is 3.70. The lowest BCUT2D eigenvalue weighted by molar-refractivity contribution is 0.589. The number of rotatable bonds is 1. The van der Waals surface area contributed by atoms with Crippen molar-refractivity contribution in [1.29, 1.82) is 0 Å². The molecule has 0 radical (unpaired) electrons. The van der Waals surface area contributed by atoms with Crippen LogP contribution >= 0.6 is 11.6 Å². The van der Waals surface area contributed by atoms with Crippen molar-refractivity contribution in [1.82, 2.24) is 0 Å². The lowest BCUT2D eigenvalue weighted by Gasteiger charge is -2.21. The molecule has 88 valence electrons. The molecule has 2 unspecified atom stereocenters. The lowest BCUT2D eigenvalue weighted by atomic mass is 9.85. The molecule has 0 N–H and O–H groups in total. The predicted molar refractivity (Wildman–Crippen MR) is 71.4 cm³/mol. The summed E-state index contributed by atoms with van der Waals surface area (Å²) in [5, 5.41) is 0.348. The van der Waals surface area contributed by atoms with E-state index in [0.717, 1.165) is 0 Å². The molecule has 1 aliphatic rings. The topological polar surface area (TPSA) is 0 Å². The van der Waals surface area contributed by atoms with Gasteiger partial charge in [0.25, 0.3) is 0 Å². The molecule has 0 spiro atoms. The van der Waals surface area contributed by atoms with Crippen LogP contribution in [-0.2, 0) is 5.41 Å². The zero-order chi connectivity index (χ0) is 11.8. The number of halogens is 1. The number of alkyl halides is 1. The highest BCUT2D eigenvalue weighted by Gasteiger charge is 2.26. The van der Waals surface area contributed by atoms with Crippen LogP contribution in [0, 0.1) is 0 Å². The van der Waals surface area contributed by atoms with Gasteiger partial charge in [-0.3, -0.25) is 0 Å². The first-order chi connectivity index (χ1) is 7.48. The molecule has 1 fully saturated rings. The first kappa shape index (κ1) is 12.0. The van der Waals surface area contributed by atoms with E-state index in [0.29, 0.717) is 11.3 Å². The van der Waals surface area contributed by atoms with Crippen molar-refractivity contribution >= 4 is 11.6 Å². The van der Waals surface area contributed by atoms with Gasteiger partial charge in [-0.15, -0.1) is 11.6 Å². The summed E-state index contributed by atoms with van der Waals surface area (Å²) in [5.41, 5.74) is 3.07. The first-order valence-corrected chi connectivity index (χ1v) is 6.66. The number of hydrogen-bond acceptors (Lipinski definition) is 0. The van der Waals surface area contributed by atoms with Gasteiger partial charge in [-0.2, -0.15) is 0 Å². The van der Waals surface area contributed by atoms with Crippen molar-refractivity contribution in [2.75, 3.05) is 0 Å². The summed E-state index contributed by atoms with van der Waals surface area (Å²) in [6.45, 7) is 6.76. The largest absolute Gasteiger partial charge is 0.122 e. The van der Waals surface area contributed by atoms with E-state index < -0.39 is 0 Å². The van der Waals surface area contributed by atoms with Crippen LogP contribution < -0.4 is 0 Å². The van der Waals surface area contributed by atoms with Crippen molar-refractivity contribution in [3.8, 4) is 0 Å². The van der Waals surface area contributed by atoms with Crippen LogP contribution in [0.1, 0.15) is 57.1 Å². The summed E-state index contributed by atoms with van der Waals surface area (Å²) in [5.74, 6) is 0.579. The molecule has 1 aromatic carbocycles. The monoisotopic (exact) mass is 236 g/mol. The van der Waals surface area contributed by atoms with Gasteiger partial charge < -0.3 is 0 Å². The minimum absolute atomic E-state index is 0.245. The fourth-order valence-corrected chi connectivity index (χ4v) is 2.95. The van der Waals surface area contributed by atoms with E-state index in [1.54, 1.807) is 0 Å². The SMILES string of the molecule is CC(C)(C)c1ccc(C2CCCC2Cl)cc1. The maximum atomic E-state index is 6.34. The molecule has 1 aromatic rings. The second kappa shape index (κ2) is 4.41. The van der Waals surface area contributed by atoms with E-state index >= 15 is 0 Å². The molecule has 1 saturated carbocycles. The van der Waals surface area contributed by atoms with Crippen molar-refractivity contribution in [2.24, 2.45) is 0 Å². The van der Waals surface area contributed by atoms with Gasteiger partial charge in [0.15, 0.2) is 0 Å².